The van der Waals surface area contributed by atoms with E-state index in [0.717, 1.165) is 5.75 Å². The molecule has 0 aliphatic carbocycles. The number of amides is 4. The molecule has 3 aliphatic rings. The first-order chi connectivity index (χ1) is 15.8. The molecule has 0 radical (unpaired) electrons. The molecule has 0 aromatic carbocycles. The van der Waals surface area contributed by atoms with Gasteiger partial charge in [-0.05, 0) is 53.9 Å². The molecule has 4 amide bonds. The molecular formula is C23H36N4O6S. The summed E-state index contributed by atoms with van der Waals surface area (Å²) in [6, 6.07) is -3.08. The number of esters is 1. The van der Waals surface area contributed by atoms with E-state index >= 15 is 0 Å². The summed E-state index contributed by atoms with van der Waals surface area (Å²) >= 11 is 1.76. The van der Waals surface area contributed by atoms with Crippen molar-refractivity contribution < 1.29 is 28.7 Å². The summed E-state index contributed by atoms with van der Waals surface area (Å²) in [5.74, 6) is -1.08. The first kappa shape index (κ1) is 26.3. The third kappa shape index (κ3) is 5.84. The first-order valence-electron chi connectivity index (χ1n) is 11.8. The maximum Gasteiger partial charge on any atom is 0.328 e. The van der Waals surface area contributed by atoms with E-state index in [9.17, 15) is 24.0 Å². The summed E-state index contributed by atoms with van der Waals surface area (Å²) in [4.78, 5) is 66.6. The third-order valence-electron chi connectivity index (χ3n) is 6.41. The van der Waals surface area contributed by atoms with Gasteiger partial charge in [-0.15, -0.1) is 0 Å². The van der Waals surface area contributed by atoms with Crippen LogP contribution in [-0.2, 0) is 28.7 Å². The fourth-order valence-corrected chi connectivity index (χ4v) is 6.13. The summed E-state index contributed by atoms with van der Waals surface area (Å²) in [5, 5.41) is 5.50. The van der Waals surface area contributed by atoms with Crippen LogP contribution in [0.5, 0.6) is 0 Å². The zero-order valence-corrected chi connectivity index (χ0v) is 21.6. The largest absolute Gasteiger partial charge is 0.458 e. The predicted octanol–water partition coefficient (Wildman–Crippen LogP) is 0.433. The minimum atomic E-state index is -0.903. The van der Waals surface area contributed by atoms with E-state index in [1.807, 2.05) is 0 Å². The highest BCUT2D eigenvalue weighted by Crippen LogP contribution is 2.38. The smallest absolute Gasteiger partial charge is 0.328 e. The molecule has 190 valence electrons. The van der Waals surface area contributed by atoms with Crippen molar-refractivity contribution in [3.63, 3.8) is 0 Å². The summed E-state index contributed by atoms with van der Waals surface area (Å²) in [6.45, 7) is 10.3. The molecule has 3 aliphatic heterocycles. The van der Waals surface area contributed by atoms with E-state index < -0.39 is 47.6 Å². The second-order valence-corrected chi connectivity index (χ2v) is 11.7. The first-order valence-corrected chi connectivity index (χ1v) is 12.9. The van der Waals surface area contributed by atoms with Crippen LogP contribution in [0.4, 0.5) is 0 Å². The number of carbonyl (C=O) groups is 5. The van der Waals surface area contributed by atoms with Crippen molar-refractivity contribution in [2.24, 2.45) is 0 Å². The lowest BCUT2D eigenvalue weighted by molar-refractivity contribution is -0.158. The number of fused-ring (bicyclic) bond motifs is 3. The monoisotopic (exact) mass is 496 g/mol. The normalized spacial score (nSPS) is 28.4. The maximum absolute atomic E-state index is 13.4. The van der Waals surface area contributed by atoms with Crippen molar-refractivity contribution in [1.82, 2.24) is 20.4 Å². The number of likely N-dealkylation sites (tertiary alicyclic amines) is 1. The molecule has 3 fully saturated rings. The number of hydrogen-bond donors (Lipinski definition) is 2. The average Bonchev–Trinajstić information content (AvgIpc) is 3.34. The fraction of sp³-hybridized carbons (Fsp3) is 0.783. The number of nitrogens with zero attached hydrogens (tertiary/aromatic N) is 2. The Morgan fingerprint density at radius 1 is 1.09 bits per heavy atom. The van der Waals surface area contributed by atoms with Gasteiger partial charge in [0, 0.05) is 30.5 Å². The zero-order chi connectivity index (χ0) is 25.4. The average molecular weight is 497 g/mol. The summed E-state index contributed by atoms with van der Waals surface area (Å²) in [5.41, 5.74) is -0.677. The molecule has 0 unspecified atom stereocenters. The van der Waals surface area contributed by atoms with Crippen LogP contribution >= 0.6 is 11.8 Å². The number of thioether (sulfide) groups is 1. The van der Waals surface area contributed by atoms with E-state index in [4.69, 9.17) is 4.74 Å². The minimum absolute atomic E-state index is 0.0678. The second kappa shape index (κ2) is 10.1. The minimum Gasteiger partial charge on any atom is -0.458 e. The Kier molecular flexibility index (Phi) is 7.84. The molecule has 2 N–H and O–H groups in total. The summed E-state index contributed by atoms with van der Waals surface area (Å²) < 4.78 is 5.27. The molecule has 3 heterocycles. The maximum atomic E-state index is 13.4. The highest BCUT2D eigenvalue weighted by molar-refractivity contribution is 8.00. The molecule has 0 spiro atoms. The Bertz CT molecular complexity index is 859. The van der Waals surface area contributed by atoms with Crippen LogP contribution < -0.4 is 10.6 Å². The molecule has 0 aromatic heterocycles. The van der Waals surface area contributed by atoms with Gasteiger partial charge >= 0.3 is 5.97 Å². The van der Waals surface area contributed by atoms with Crippen LogP contribution in [0.15, 0.2) is 0 Å². The van der Waals surface area contributed by atoms with Crippen molar-refractivity contribution in [3.8, 4) is 0 Å². The standard InChI is InChI=1S/C23H36N4O6S/c1-12(19(29)25-13(2)22(32)33-23(4,5)6)24-20(30)17-8-7-15-11-34-16-9-18(21(31)27(15)17)26(10-16)14(3)28/h12-13,15-18H,7-11H2,1-6H3,(H,24,30)(H,25,29)/t12-,13-,15-,16-,17-,18-/m0/s1. The van der Waals surface area contributed by atoms with Crippen LogP contribution in [0.3, 0.4) is 0 Å². The highest BCUT2D eigenvalue weighted by Gasteiger charge is 2.49. The lowest BCUT2D eigenvalue weighted by Gasteiger charge is -2.35. The Hall–Kier alpha value is -2.30. The van der Waals surface area contributed by atoms with E-state index in [2.05, 4.69) is 10.6 Å². The van der Waals surface area contributed by atoms with Crippen molar-refractivity contribution in [2.45, 2.75) is 102 Å². The fourth-order valence-electron chi connectivity index (χ4n) is 4.72. The molecule has 0 saturated carbocycles. The van der Waals surface area contributed by atoms with Crippen LogP contribution in [0.2, 0.25) is 0 Å². The molecule has 2 bridgehead atoms. The highest BCUT2D eigenvalue weighted by atomic mass is 32.2. The number of ether oxygens (including phenoxy) is 1. The van der Waals surface area contributed by atoms with Crippen LogP contribution in [0.1, 0.15) is 60.8 Å². The third-order valence-corrected chi connectivity index (χ3v) is 7.80. The van der Waals surface area contributed by atoms with E-state index in [1.165, 1.54) is 20.8 Å². The summed E-state index contributed by atoms with van der Waals surface area (Å²) in [6.07, 6.45) is 1.80. The van der Waals surface area contributed by atoms with Gasteiger partial charge in [-0.3, -0.25) is 19.2 Å². The SMILES string of the molecule is CC(=O)N1C[C@@H]2C[C@H]1C(=O)N1[C@@H](CC[C@H]1C(=O)N[C@@H](C)C(=O)N[C@@H](C)C(=O)OC(C)(C)C)CS2. The van der Waals surface area contributed by atoms with Gasteiger partial charge in [0.05, 0.1) is 0 Å². The van der Waals surface area contributed by atoms with E-state index in [0.29, 0.717) is 25.8 Å². The number of nitrogens with one attached hydrogen (secondary N) is 2. The Morgan fingerprint density at radius 2 is 1.76 bits per heavy atom. The predicted molar refractivity (Wildman–Crippen MR) is 127 cm³/mol. The van der Waals surface area contributed by atoms with Gasteiger partial charge in [-0.1, -0.05) is 0 Å². The van der Waals surface area contributed by atoms with Crippen LogP contribution in [0, 0.1) is 0 Å². The van der Waals surface area contributed by atoms with Crippen LogP contribution in [0.25, 0.3) is 0 Å². The molecule has 3 rings (SSSR count). The van der Waals surface area contributed by atoms with Gasteiger partial charge in [0.2, 0.25) is 23.6 Å². The van der Waals surface area contributed by atoms with Crippen LogP contribution in [-0.4, -0.2) is 92.8 Å². The number of carbonyl (C=O) groups excluding carboxylic acids is 5. The molecule has 34 heavy (non-hydrogen) atoms. The lowest BCUT2D eigenvalue weighted by atomic mass is 10.1. The zero-order valence-electron chi connectivity index (χ0n) is 20.8. The number of hydrogen-bond acceptors (Lipinski definition) is 7. The number of rotatable bonds is 5. The molecule has 3 saturated heterocycles. The summed E-state index contributed by atoms with van der Waals surface area (Å²) in [7, 11) is 0. The Balaban J connectivity index is 1.63. The molecule has 0 aromatic rings. The van der Waals surface area contributed by atoms with Gasteiger partial charge in [0.15, 0.2) is 0 Å². The quantitative estimate of drug-likeness (QED) is 0.529. The van der Waals surface area contributed by atoms with Crippen molar-refractivity contribution in [2.75, 3.05) is 12.3 Å². The Labute approximate surface area is 204 Å². The molecule has 10 nitrogen and oxygen atoms in total. The van der Waals surface area contributed by atoms with Gasteiger partial charge in [-0.2, -0.15) is 11.8 Å². The van der Waals surface area contributed by atoms with Gasteiger partial charge in [0.25, 0.3) is 0 Å². The van der Waals surface area contributed by atoms with Crippen molar-refractivity contribution in [3.05, 3.63) is 0 Å². The second-order valence-electron chi connectivity index (χ2n) is 10.4. The van der Waals surface area contributed by atoms with Crippen molar-refractivity contribution in [1.29, 1.82) is 0 Å². The molecule has 11 heteroatoms. The topological polar surface area (TPSA) is 125 Å². The van der Waals surface area contributed by atoms with E-state index in [1.54, 1.807) is 42.3 Å². The molecular weight excluding hydrogens is 460 g/mol. The molecule has 6 atom stereocenters. The van der Waals surface area contributed by atoms with Gasteiger partial charge < -0.3 is 25.2 Å². The Morgan fingerprint density at radius 3 is 2.38 bits per heavy atom. The van der Waals surface area contributed by atoms with Gasteiger partial charge in [-0.25, -0.2) is 4.79 Å². The van der Waals surface area contributed by atoms with Gasteiger partial charge in [0.1, 0.15) is 29.8 Å². The van der Waals surface area contributed by atoms with Crippen molar-refractivity contribution >= 4 is 41.4 Å². The van der Waals surface area contributed by atoms with E-state index in [-0.39, 0.29) is 23.1 Å². The lowest BCUT2D eigenvalue weighted by Crippen LogP contribution is -2.58.